The van der Waals surface area contributed by atoms with Crippen LogP contribution in [0.1, 0.15) is 12.8 Å². The number of sulfonamides is 1. The summed E-state index contributed by atoms with van der Waals surface area (Å²) >= 11 is 6.86. The molecule has 1 atom stereocenters. The Balaban J connectivity index is 2.89. The van der Waals surface area contributed by atoms with Gasteiger partial charge in [-0.2, -0.15) is 0 Å². The number of hydrogen-bond donors (Lipinski definition) is 0. The fourth-order valence-corrected chi connectivity index (χ4v) is 3.91. The first-order chi connectivity index (χ1) is 10.4. The van der Waals surface area contributed by atoms with Gasteiger partial charge in [0.2, 0.25) is 10.0 Å². The normalized spacial score (nSPS) is 12.7. The molecule has 0 N–H and O–H groups in total. The Morgan fingerprint density at radius 2 is 1.95 bits per heavy atom. The average molecular weight is 457 g/mol. The molecule has 8 heteroatoms. The van der Waals surface area contributed by atoms with E-state index in [1.807, 2.05) is 6.07 Å². The maximum absolute atomic E-state index is 12.4. The third-order valence-corrected chi connectivity index (χ3v) is 7.05. The number of rotatable bonds is 9. The summed E-state index contributed by atoms with van der Waals surface area (Å²) in [6.07, 6.45) is 1.50. The van der Waals surface area contributed by atoms with Crippen molar-refractivity contribution in [2.24, 2.45) is 0 Å². The summed E-state index contributed by atoms with van der Waals surface area (Å²) in [5.74, 6) is -1.42. The van der Waals surface area contributed by atoms with Crippen LogP contribution in [0.25, 0.3) is 0 Å². The van der Waals surface area contributed by atoms with E-state index in [4.69, 9.17) is 0 Å². The van der Waals surface area contributed by atoms with Gasteiger partial charge < -0.3 is 4.74 Å². The number of halogens is 2. The van der Waals surface area contributed by atoms with E-state index in [2.05, 4.69) is 36.6 Å². The van der Waals surface area contributed by atoms with Gasteiger partial charge in [0.05, 0.1) is 12.8 Å². The van der Waals surface area contributed by atoms with Gasteiger partial charge in [-0.25, -0.2) is 8.42 Å². The van der Waals surface area contributed by atoms with Gasteiger partial charge in [0.25, 0.3) is 0 Å². The summed E-state index contributed by atoms with van der Waals surface area (Å²) in [4.78, 5) is 11.6. The highest BCUT2D eigenvalue weighted by molar-refractivity contribution is 9.12. The van der Waals surface area contributed by atoms with Gasteiger partial charge in [0.1, 0.15) is 0 Å². The molecule has 124 valence electrons. The molecule has 0 fully saturated rings. The maximum Gasteiger partial charge on any atom is 0.322 e. The van der Waals surface area contributed by atoms with Gasteiger partial charge in [0, 0.05) is 16.7 Å². The van der Waals surface area contributed by atoms with Crippen LogP contribution in [0.2, 0.25) is 0 Å². The lowest BCUT2D eigenvalue weighted by atomic mass is 10.2. The molecule has 0 aliphatic heterocycles. The third-order valence-electron chi connectivity index (χ3n) is 2.95. The Kier molecular flexibility index (Phi) is 8.41. The number of hydrogen-bond acceptors (Lipinski definition) is 4. The molecule has 22 heavy (non-hydrogen) atoms. The van der Waals surface area contributed by atoms with Crippen molar-refractivity contribution in [2.45, 2.75) is 17.7 Å². The number of carbonyl (C=O) groups excluding carboxylic acids is 1. The van der Waals surface area contributed by atoms with Crippen LogP contribution < -0.4 is 4.31 Å². The lowest BCUT2D eigenvalue weighted by molar-refractivity contribution is -0.137. The van der Waals surface area contributed by atoms with Gasteiger partial charge in [-0.1, -0.05) is 50.1 Å². The Bertz CT molecular complexity index is 565. The predicted octanol–water partition coefficient (Wildman–Crippen LogP) is 2.93. The van der Waals surface area contributed by atoms with Crippen LogP contribution in [0.3, 0.4) is 0 Å². The quantitative estimate of drug-likeness (QED) is 0.423. The second-order valence-corrected chi connectivity index (χ2v) is 8.47. The van der Waals surface area contributed by atoms with E-state index in [0.29, 0.717) is 18.7 Å². The molecular formula is C14H19Br2NO4S. The molecule has 1 aromatic carbocycles. The lowest BCUT2D eigenvalue weighted by Gasteiger charge is -2.24. The number of methoxy groups -OCH3 is 1. The first-order valence-electron chi connectivity index (χ1n) is 6.73. The predicted molar refractivity (Wildman–Crippen MR) is 95.3 cm³/mol. The highest BCUT2D eigenvalue weighted by atomic mass is 79.9. The molecule has 1 rings (SSSR count). The number of benzene rings is 1. The number of alkyl halides is 2. The van der Waals surface area contributed by atoms with Crippen molar-refractivity contribution in [1.82, 2.24) is 0 Å². The van der Waals surface area contributed by atoms with E-state index in [9.17, 15) is 13.2 Å². The van der Waals surface area contributed by atoms with Crippen LogP contribution in [0, 0.1) is 0 Å². The number of ether oxygens (including phenoxy) is 1. The molecule has 0 saturated heterocycles. The highest BCUT2D eigenvalue weighted by Gasteiger charge is 2.26. The van der Waals surface area contributed by atoms with Crippen molar-refractivity contribution in [3.63, 3.8) is 0 Å². The summed E-state index contributed by atoms with van der Waals surface area (Å²) in [7, 11) is -2.58. The zero-order valence-corrected chi connectivity index (χ0v) is 16.2. The van der Waals surface area contributed by atoms with Crippen molar-refractivity contribution >= 4 is 53.5 Å². The number of esters is 1. The molecule has 0 radical (unpaired) electrons. The van der Waals surface area contributed by atoms with E-state index in [-0.39, 0.29) is 4.83 Å². The number of nitrogens with zero attached hydrogens (tertiary/aromatic N) is 1. The van der Waals surface area contributed by atoms with Gasteiger partial charge in [-0.3, -0.25) is 9.10 Å². The Labute approximate surface area is 148 Å². The lowest BCUT2D eigenvalue weighted by Crippen LogP contribution is -2.36. The fourth-order valence-electron chi connectivity index (χ4n) is 1.84. The smallest absolute Gasteiger partial charge is 0.322 e. The van der Waals surface area contributed by atoms with Gasteiger partial charge in [0.15, 0.2) is 5.75 Å². The van der Waals surface area contributed by atoms with E-state index in [0.717, 1.165) is 11.8 Å². The van der Waals surface area contributed by atoms with Crippen LogP contribution in [-0.4, -0.2) is 44.0 Å². The SMILES string of the molecule is COC(=O)CS(=O)(=O)N(CCCC(Br)CBr)c1ccccc1. The van der Waals surface area contributed by atoms with E-state index in [1.54, 1.807) is 24.3 Å². The molecule has 1 unspecified atom stereocenters. The molecule has 0 heterocycles. The van der Waals surface area contributed by atoms with Crippen molar-refractivity contribution < 1.29 is 17.9 Å². The molecule has 0 spiro atoms. The van der Waals surface area contributed by atoms with Gasteiger partial charge in [-0.15, -0.1) is 0 Å². The van der Waals surface area contributed by atoms with E-state index >= 15 is 0 Å². The molecule has 1 aromatic rings. The molecule has 5 nitrogen and oxygen atoms in total. The molecule has 0 aliphatic carbocycles. The maximum atomic E-state index is 12.4. The van der Waals surface area contributed by atoms with Crippen LogP contribution >= 0.6 is 31.9 Å². The van der Waals surface area contributed by atoms with Crippen LogP contribution in [-0.2, 0) is 19.6 Å². The summed E-state index contributed by atoms with van der Waals surface area (Å²) < 4.78 is 30.6. The number of para-hydroxylation sites is 1. The summed E-state index contributed by atoms with van der Waals surface area (Å²) in [5, 5.41) is 0.799. The highest BCUT2D eigenvalue weighted by Crippen LogP contribution is 2.20. The second-order valence-electron chi connectivity index (χ2n) is 4.63. The molecule has 0 aliphatic rings. The molecule has 0 amide bonds. The van der Waals surface area contributed by atoms with E-state index < -0.39 is 21.7 Å². The van der Waals surface area contributed by atoms with Crippen molar-refractivity contribution in [3.8, 4) is 0 Å². The monoisotopic (exact) mass is 455 g/mol. The zero-order valence-electron chi connectivity index (χ0n) is 12.2. The first-order valence-corrected chi connectivity index (χ1v) is 10.4. The Morgan fingerprint density at radius 1 is 1.32 bits per heavy atom. The average Bonchev–Trinajstić information content (AvgIpc) is 2.51. The Hall–Kier alpha value is -0.600. The number of anilines is 1. The molecular weight excluding hydrogens is 438 g/mol. The summed E-state index contributed by atoms with van der Waals surface area (Å²) in [6.45, 7) is 0.318. The Morgan fingerprint density at radius 3 is 2.50 bits per heavy atom. The summed E-state index contributed by atoms with van der Waals surface area (Å²) in [5.41, 5.74) is 0.552. The second kappa shape index (κ2) is 9.52. The summed E-state index contributed by atoms with van der Waals surface area (Å²) in [6, 6.07) is 8.77. The topological polar surface area (TPSA) is 63.7 Å². The van der Waals surface area contributed by atoms with Crippen LogP contribution in [0.15, 0.2) is 30.3 Å². The molecule has 0 bridgehead atoms. The standard InChI is InChI=1S/C14H19Br2NO4S/c1-21-14(18)11-22(19,20)17(9-5-6-12(16)10-15)13-7-3-2-4-8-13/h2-4,7-8,12H,5-6,9-11H2,1H3. The van der Waals surface area contributed by atoms with Gasteiger partial charge >= 0.3 is 5.97 Å². The van der Waals surface area contributed by atoms with Crippen molar-refractivity contribution in [3.05, 3.63) is 30.3 Å². The zero-order chi connectivity index (χ0) is 16.6. The molecule has 0 aromatic heterocycles. The largest absolute Gasteiger partial charge is 0.468 e. The number of carbonyl (C=O) groups is 1. The fraction of sp³-hybridized carbons (Fsp3) is 0.500. The third kappa shape index (κ3) is 6.26. The van der Waals surface area contributed by atoms with E-state index in [1.165, 1.54) is 11.4 Å². The van der Waals surface area contributed by atoms with Crippen LogP contribution in [0.4, 0.5) is 5.69 Å². The van der Waals surface area contributed by atoms with Gasteiger partial charge in [-0.05, 0) is 25.0 Å². The van der Waals surface area contributed by atoms with Crippen molar-refractivity contribution in [2.75, 3.05) is 29.0 Å². The van der Waals surface area contributed by atoms with Crippen LogP contribution in [0.5, 0.6) is 0 Å². The minimum absolute atomic E-state index is 0.286. The van der Waals surface area contributed by atoms with Crippen molar-refractivity contribution in [1.29, 1.82) is 0 Å². The first kappa shape index (κ1) is 19.4. The minimum atomic E-state index is -3.76. The molecule has 0 saturated carbocycles. The minimum Gasteiger partial charge on any atom is -0.468 e.